The minimum atomic E-state index is 1.15. The average molecular weight is 170 g/mol. The lowest BCUT2D eigenvalue weighted by molar-refractivity contribution is 1.14. The minimum absolute atomic E-state index is 1.15. The second kappa shape index (κ2) is 3.21. The molecule has 0 nitrogen and oxygen atoms in total. The van der Waals surface area contributed by atoms with Gasteiger partial charge in [-0.1, -0.05) is 42.0 Å². The smallest absolute Gasteiger partial charge is 0.00203 e. The minimum Gasteiger partial charge on any atom is -0.0729 e. The van der Waals surface area contributed by atoms with Gasteiger partial charge in [0.15, 0.2) is 0 Å². The molecule has 1 aromatic rings. The number of allylic oxidation sites excluding steroid dienone is 4. The highest BCUT2D eigenvalue weighted by atomic mass is 14.2. The van der Waals surface area contributed by atoms with E-state index in [1.807, 2.05) is 0 Å². The highest BCUT2D eigenvalue weighted by molar-refractivity contribution is 5.77. The Hall–Kier alpha value is -1.30. The van der Waals surface area contributed by atoms with E-state index in [1.165, 1.54) is 22.3 Å². The van der Waals surface area contributed by atoms with Crippen molar-refractivity contribution in [1.29, 1.82) is 0 Å². The van der Waals surface area contributed by atoms with E-state index in [0.717, 1.165) is 6.42 Å². The van der Waals surface area contributed by atoms with Crippen molar-refractivity contribution in [3.05, 3.63) is 53.1 Å². The van der Waals surface area contributed by atoms with Crippen LogP contribution in [0, 0.1) is 0 Å². The van der Waals surface area contributed by atoms with E-state index in [0.29, 0.717) is 0 Å². The van der Waals surface area contributed by atoms with E-state index in [-0.39, 0.29) is 0 Å². The third-order valence-corrected chi connectivity index (χ3v) is 2.52. The molecule has 0 fully saturated rings. The largest absolute Gasteiger partial charge is 0.0729 e. The fourth-order valence-corrected chi connectivity index (χ4v) is 1.55. The molecule has 0 saturated carbocycles. The van der Waals surface area contributed by atoms with Gasteiger partial charge in [-0.05, 0) is 37.0 Å². The summed E-state index contributed by atoms with van der Waals surface area (Å²) in [4.78, 5) is 0. The van der Waals surface area contributed by atoms with Crippen molar-refractivity contribution in [2.45, 2.75) is 20.3 Å². The third kappa shape index (κ3) is 1.57. The first-order chi connectivity index (χ1) is 6.27. The maximum Gasteiger partial charge on any atom is -0.00203 e. The molecule has 1 aliphatic carbocycles. The molecule has 0 aliphatic heterocycles. The zero-order valence-corrected chi connectivity index (χ0v) is 8.17. The van der Waals surface area contributed by atoms with Crippen LogP contribution in [-0.2, 0) is 0 Å². The average Bonchev–Trinajstić information content (AvgIpc) is 2.02. The summed E-state index contributed by atoms with van der Waals surface area (Å²) in [5, 5.41) is 0. The Kier molecular flexibility index (Phi) is 2.05. The molecule has 0 saturated heterocycles. The van der Waals surface area contributed by atoms with Crippen LogP contribution in [0.15, 0.2) is 47.6 Å². The number of hydrogen-bond acceptors (Lipinski definition) is 0. The molecule has 0 bridgehead atoms. The molecular weight excluding hydrogens is 156 g/mol. The lowest BCUT2D eigenvalue weighted by Crippen LogP contribution is -1.99. The van der Waals surface area contributed by atoms with Crippen molar-refractivity contribution in [2.75, 3.05) is 0 Å². The zero-order chi connectivity index (χ0) is 9.26. The van der Waals surface area contributed by atoms with Gasteiger partial charge >= 0.3 is 0 Å². The fraction of sp³-hybridized carbons (Fsp3) is 0.231. The molecular formula is C13H14. The van der Waals surface area contributed by atoms with Gasteiger partial charge in [-0.15, -0.1) is 0 Å². The lowest BCUT2D eigenvalue weighted by Gasteiger charge is -2.20. The van der Waals surface area contributed by atoms with E-state index in [2.05, 4.69) is 50.3 Å². The van der Waals surface area contributed by atoms with Crippen LogP contribution in [0.5, 0.6) is 0 Å². The van der Waals surface area contributed by atoms with Gasteiger partial charge in [-0.25, -0.2) is 0 Å². The highest BCUT2D eigenvalue weighted by Gasteiger charge is 2.13. The topological polar surface area (TPSA) is 0 Å². The first-order valence-corrected chi connectivity index (χ1v) is 4.70. The Bertz CT molecular complexity index is 362. The maximum absolute atomic E-state index is 2.30. The van der Waals surface area contributed by atoms with Crippen molar-refractivity contribution < 1.29 is 0 Å². The van der Waals surface area contributed by atoms with Crippen LogP contribution in [0.1, 0.15) is 25.8 Å². The van der Waals surface area contributed by atoms with Crippen molar-refractivity contribution in [3.63, 3.8) is 0 Å². The molecule has 0 aromatic heterocycles. The first-order valence-electron chi connectivity index (χ1n) is 4.70. The summed E-state index contributed by atoms with van der Waals surface area (Å²) in [6, 6.07) is 10.6. The number of rotatable bonds is 1. The van der Waals surface area contributed by atoms with Gasteiger partial charge in [0.05, 0.1) is 0 Å². The van der Waals surface area contributed by atoms with Crippen LogP contribution in [0.25, 0.3) is 5.57 Å². The van der Waals surface area contributed by atoms with Gasteiger partial charge < -0.3 is 0 Å². The standard InChI is InChI=1S/C13H14/c1-10(2)12-8-13(9-12)11-6-4-3-5-7-11/h3-8H,9H2,1-2H3. The summed E-state index contributed by atoms with van der Waals surface area (Å²) in [6.07, 6.45) is 3.44. The van der Waals surface area contributed by atoms with Crippen molar-refractivity contribution >= 4 is 5.57 Å². The van der Waals surface area contributed by atoms with Gasteiger partial charge in [-0.3, -0.25) is 0 Å². The normalized spacial score (nSPS) is 14.9. The molecule has 0 atom stereocenters. The van der Waals surface area contributed by atoms with Crippen molar-refractivity contribution in [1.82, 2.24) is 0 Å². The monoisotopic (exact) mass is 170 g/mol. The maximum atomic E-state index is 2.30. The number of benzene rings is 1. The molecule has 66 valence electrons. The third-order valence-electron chi connectivity index (χ3n) is 2.52. The van der Waals surface area contributed by atoms with E-state index in [4.69, 9.17) is 0 Å². The van der Waals surface area contributed by atoms with Crippen LogP contribution in [0.2, 0.25) is 0 Å². The molecule has 0 heterocycles. The Morgan fingerprint density at radius 1 is 1.08 bits per heavy atom. The van der Waals surface area contributed by atoms with E-state index < -0.39 is 0 Å². The summed E-state index contributed by atoms with van der Waals surface area (Å²) >= 11 is 0. The van der Waals surface area contributed by atoms with Gasteiger partial charge in [-0.2, -0.15) is 0 Å². The molecule has 1 aliphatic rings. The molecule has 0 heteroatoms. The highest BCUT2D eigenvalue weighted by Crippen LogP contribution is 2.34. The molecule has 0 unspecified atom stereocenters. The summed E-state index contributed by atoms with van der Waals surface area (Å²) in [6.45, 7) is 4.35. The SMILES string of the molecule is CC(C)=C1C=C(c2ccccc2)C1. The van der Waals surface area contributed by atoms with E-state index in [9.17, 15) is 0 Å². The van der Waals surface area contributed by atoms with E-state index in [1.54, 1.807) is 0 Å². The van der Waals surface area contributed by atoms with Crippen LogP contribution >= 0.6 is 0 Å². The Morgan fingerprint density at radius 2 is 1.69 bits per heavy atom. The predicted octanol–water partition coefficient (Wildman–Crippen LogP) is 3.81. The first kappa shape index (κ1) is 8.31. The predicted molar refractivity (Wildman–Crippen MR) is 57.4 cm³/mol. The molecule has 0 spiro atoms. The Morgan fingerprint density at radius 3 is 2.23 bits per heavy atom. The Balaban J connectivity index is 2.26. The molecule has 0 N–H and O–H groups in total. The molecule has 0 amide bonds. The zero-order valence-electron chi connectivity index (χ0n) is 8.17. The summed E-state index contributed by atoms with van der Waals surface area (Å²) in [7, 11) is 0. The quantitative estimate of drug-likeness (QED) is 0.601. The number of hydrogen-bond donors (Lipinski definition) is 0. The van der Waals surface area contributed by atoms with Gasteiger partial charge in [0.2, 0.25) is 0 Å². The van der Waals surface area contributed by atoms with Crippen LogP contribution in [0.4, 0.5) is 0 Å². The molecule has 2 rings (SSSR count). The van der Waals surface area contributed by atoms with Crippen LogP contribution in [-0.4, -0.2) is 0 Å². The van der Waals surface area contributed by atoms with Crippen LogP contribution in [0.3, 0.4) is 0 Å². The fourth-order valence-electron chi connectivity index (χ4n) is 1.55. The molecule has 13 heavy (non-hydrogen) atoms. The Labute approximate surface area is 79.6 Å². The molecule has 0 radical (unpaired) electrons. The van der Waals surface area contributed by atoms with Crippen molar-refractivity contribution in [2.24, 2.45) is 0 Å². The second-order valence-corrected chi connectivity index (χ2v) is 3.74. The van der Waals surface area contributed by atoms with E-state index >= 15 is 0 Å². The van der Waals surface area contributed by atoms with Crippen molar-refractivity contribution in [3.8, 4) is 0 Å². The second-order valence-electron chi connectivity index (χ2n) is 3.74. The van der Waals surface area contributed by atoms with Crippen LogP contribution < -0.4 is 0 Å². The van der Waals surface area contributed by atoms with Gasteiger partial charge in [0.1, 0.15) is 0 Å². The lowest BCUT2D eigenvalue weighted by atomic mass is 9.85. The summed E-state index contributed by atoms with van der Waals surface area (Å²) in [5.41, 5.74) is 5.78. The summed E-state index contributed by atoms with van der Waals surface area (Å²) < 4.78 is 0. The molecule has 1 aromatic carbocycles. The van der Waals surface area contributed by atoms with Gasteiger partial charge in [0.25, 0.3) is 0 Å². The van der Waals surface area contributed by atoms with Gasteiger partial charge in [0, 0.05) is 0 Å². The summed E-state index contributed by atoms with van der Waals surface area (Å²) in [5.74, 6) is 0.